The normalized spacial score (nSPS) is 10.5. The molecule has 0 bridgehead atoms. The van der Waals surface area contributed by atoms with Gasteiger partial charge in [0.1, 0.15) is 0 Å². The second-order valence-corrected chi connectivity index (χ2v) is 4.73. The number of nitrogens with one attached hydrogen (secondary N) is 1. The SMILES string of the molecule is Cc1ccc(NC(=O)c2nnc3ccccc3c2O)cc1. The van der Waals surface area contributed by atoms with E-state index in [0.717, 1.165) is 5.56 Å². The number of carbonyl (C=O) groups excluding carboxylic acids is 1. The summed E-state index contributed by atoms with van der Waals surface area (Å²) in [4.78, 5) is 12.2. The molecule has 2 N–H and O–H groups in total. The highest BCUT2D eigenvalue weighted by molar-refractivity contribution is 6.07. The Labute approximate surface area is 121 Å². The van der Waals surface area contributed by atoms with Crippen molar-refractivity contribution in [2.75, 3.05) is 5.32 Å². The molecule has 5 heteroatoms. The van der Waals surface area contributed by atoms with Crippen LogP contribution in [0.25, 0.3) is 10.9 Å². The molecule has 1 heterocycles. The van der Waals surface area contributed by atoms with Gasteiger partial charge in [0, 0.05) is 11.1 Å². The molecule has 0 unspecified atom stereocenters. The number of hydrogen-bond acceptors (Lipinski definition) is 4. The molecule has 0 saturated carbocycles. The lowest BCUT2D eigenvalue weighted by Crippen LogP contribution is -2.14. The van der Waals surface area contributed by atoms with Gasteiger partial charge in [-0.1, -0.05) is 29.8 Å². The monoisotopic (exact) mass is 279 g/mol. The number of aromatic nitrogens is 2. The Morgan fingerprint density at radius 1 is 1.05 bits per heavy atom. The Bertz CT molecular complexity index is 813. The molecule has 5 nitrogen and oxygen atoms in total. The number of nitrogens with zero attached hydrogens (tertiary/aromatic N) is 2. The van der Waals surface area contributed by atoms with E-state index in [1.807, 2.05) is 19.1 Å². The van der Waals surface area contributed by atoms with Crippen molar-refractivity contribution in [2.24, 2.45) is 0 Å². The van der Waals surface area contributed by atoms with Gasteiger partial charge in [-0.2, -0.15) is 0 Å². The fraction of sp³-hybridized carbons (Fsp3) is 0.0625. The average Bonchev–Trinajstić information content (AvgIpc) is 2.50. The number of aryl methyl sites for hydroxylation is 1. The summed E-state index contributed by atoms with van der Waals surface area (Å²) in [7, 11) is 0. The van der Waals surface area contributed by atoms with Gasteiger partial charge >= 0.3 is 0 Å². The molecule has 21 heavy (non-hydrogen) atoms. The Morgan fingerprint density at radius 3 is 2.52 bits per heavy atom. The molecule has 0 atom stereocenters. The van der Waals surface area contributed by atoms with E-state index in [1.165, 1.54) is 0 Å². The van der Waals surface area contributed by atoms with Crippen LogP contribution in [-0.4, -0.2) is 21.2 Å². The third-order valence-corrected chi connectivity index (χ3v) is 3.17. The number of aromatic hydroxyl groups is 1. The first-order valence-corrected chi connectivity index (χ1v) is 6.47. The fourth-order valence-electron chi connectivity index (χ4n) is 2.02. The Hall–Kier alpha value is -2.95. The molecule has 0 spiro atoms. The van der Waals surface area contributed by atoms with Crippen LogP contribution in [0.4, 0.5) is 5.69 Å². The van der Waals surface area contributed by atoms with Crippen molar-refractivity contribution >= 4 is 22.5 Å². The third-order valence-electron chi connectivity index (χ3n) is 3.17. The molecule has 1 amide bonds. The molecule has 3 aromatic rings. The summed E-state index contributed by atoms with van der Waals surface area (Å²) < 4.78 is 0. The minimum absolute atomic E-state index is 0.0886. The molecule has 0 aliphatic heterocycles. The topological polar surface area (TPSA) is 75.1 Å². The summed E-state index contributed by atoms with van der Waals surface area (Å²) in [6, 6.07) is 14.3. The maximum Gasteiger partial charge on any atom is 0.280 e. The zero-order valence-electron chi connectivity index (χ0n) is 11.4. The highest BCUT2D eigenvalue weighted by atomic mass is 16.3. The summed E-state index contributed by atoms with van der Waals surface area (Å²) in [5.41, 5.74) is 2.19. The highest BCUT2D eigenvalue weighted by Gasteiger charge is 2.16. The van der Waals surface area contributed by atoms with Gasteiger partial charge in [-0.05, 0) is 31.2 Å². The van der Waals surface area contributed by atoms with E-state index in [0.29, 0.717) is 16.6 Å². The van der Waals surface area contributed by atoms with Crippen LogP contribution in [0.5, 0.6) is 5.75 Å². The lowest BCUT2D eigenvalue weighted by molar-refractivity contribution is 0.101. The summed E-state index contributed by atoms with van der Waals surface area (Å²) in [6.07, 6.45) is 0. The second-order valence-electron chi connectivity index (χ2n) is 4.73. The predicted octanol–water partition coefficient (Wildman–Crippen LogP) is 2.90. The molecule has 3 rings (SSSR count). The van der Waals surface area contributed by atoms with Crippen LogP contribution in [0.2, 0.25) is 0 Å². The number of benzene rings is 2. The van der Waals surface area contributed by atoms with Crippen molar-refractivity contribution in [3.05, 3.63) is 59.8 Å². The highest BCUT2D eigenvalue weighted by Crippen LogP contribution is 2.25. The quantitative estimate of drug-likeness (QED) is 0.756. The van der Waals surface area contributed by atoms with Crippen molar-refractivity contribution in [2.45, 2.75) is 6.92 Å². The molecular weight excluding hydrogens is 266 g/mol. The van der Waals surface area contributed by atoms with Crippen molar-refractivity contribution in [3.8, 4) is 5.75 Å². The first kappa shape index (κ1) is 13.1. The van der Waals surface area contributed by atoms with Gasteiger partial charge in [0.15, 0.2) is 11.4 Å². The maximum absolute atomic E-state index is 12.2. The van der Waals surface area contributed by atoms with Crippen LogP contribution in [0.15, 0.2) is 48.5 Å². The minimum atomic E-state index is -0.491. The predicted molar refractivity (Wildman–Crippen MR) is 80.3 cm³/mol. The Morgan fingerprint density at radius 2 is 1.76 bits per heavy atom. The van der Waals surface area contributed by atoms with Crippen molar-refractivity contribution in [1.82, 2.24) is 10.2 Å². The summed E-state index contributed by atoms with van der Waals surface area (Å²) in [5, 5.41) is 21.1. The van der Waals surface area contributed by atoms with Crippen LogP contribution in [0.1, 0.15) is 16.1 Å². The molecule has 0 aliphatic rings. The molecule has 0 saturated heterocycles. The fourth-order valence-corrected chi connectivity index (χ4v) is 2.02. The zero-order chi connectivity index (χ0) is 14.8. The summed E-state index contributed by atoms with van der Waals surface area (Å²) >= 11 is 0. The van der Waals surface area contributed by atoms with Crippen LogP contribution in [0.3, 0.4) is 0 Å². The van der Waals surface area contributed by atoms with E-state index >= 15 is 0 Å². The molecule has 0 radical (unpaired) electrons. The standard InChI is InChI=1S/C16H13N3O2/c1-10-6-8-11(9-7-10)17-16(21)14-15(20)12-4-2-3-5-13(12)18-19-14/h2-9H,1H3,(H,17,21)(H,18,20). The van der Waals surface area contributed by atoms with Crippen molar-refractivity contribution in [1.29, 1.82) is 0 Å². The van der Waals surface area contributed by atoms with Gasteiger partial charge in [-0.25, -0.2) is 0 Å². The smallest absolute Gasteiger partial charge is 0.280 e. The van der Waals surface area contributed by atoms with Gasteiger partial charge in [0.2, 0.25) is 0 Å². The van der Waals surface area contributed by atoms with Crippen LogP contribution >= 0.6 is 0 Å². The van der Waals surface area contributed by atoms with Crippen molar-refractivity contribution in [3.63, 3.8) is 0 Å². The molecule has 0 aliphatic carbocycles. The Balaban J connectivity index is 1.94. The lowest BCUT2D eigenvalue weighted by Gasteiger charge is -2.07. The number of fused-ring (bicyclic) bond motifs is 1. The lowest BCUT2D eigenvalue weighted by atomic mass is 10.2. The largest absolute Gasteiger partial charge is 0.505 e. The number of rotatable bonds is 2. The van der Waals surface area contributed by atoms with Crippen molar-refractivity contribution < 1.29 is 9.90 Å². The molecule has 1 aromatic heterocycles. The molecule has 2 aromatic carbocycles. The third kappa shape index (κ3) is 2.53. The van der Waals surface area contributed by atoms with Crippen LogP contribution in [-0.2, 0) is 0 Å². The summed E-state index contributed by atoms with van der Waals surface area (Å²) in [5.74, 6) is -0.653. The molecule has 0 fully saturated rings. The molecule has 104 valence electrons. The van der Waals surface area contributed by atoms with E-state index in [4.69, 9.17) is 0 Å². The van der Waals surface area contributed by atoms with E-state index in [9.17, 15) is 9.90 Å². The maximum atomic E-state index is 12.2. The first-order valence-electron chi connectivity index (χ1n) is 6.47. The van der Waals surface area contributed by atoms with Crippen LogP contribution < -0.4 is 5.32 Å². The van der Waals surface area contributed by atoms with E-state index in [-0.39, 0.29) is 11.4 Å². The molecular formula is C16H13N3O2. The first-order chi connectivity index (χ1) is 10.1. The van der Waals surface area contributed by atoms with Gasteiger partial charge in [0.25, 0.3) is 5.91 Å². The van der Waals surface area contributed by atoms with Crippen LogP contribution in [0, 0.1) is 6.92 Å². The van der Waals surface area contributed by atoms with Gasteiger partial charge < -0.3 is 10.4 Å². The second kappa shape index (κ2) is 5.20. The van der Waals surface area contributed by atoms with Gasteiger partial charge in [0.05, 0.1) is 5.52 Å². The number of hydrogen-bond donors (Lipinski definition) is 2. The average molecular weight is 279 g/mol. The number of carbonyl (C=O) groups is 1. The van der Waals surface area contributed by atoms with Gasteiger partial charge in [-0.3, -0.25) is 4.79 Å². The summed E-state index contributed by atoms with van der Waals surface area (Å²) in [6.45, 7) is 1.96. The zero-order valence-corrected chi connectivity index (χ0v) is 11.4. The minimum Gasteiger partial charge on any atom is -0.505 e. The van der Waals surface area contributed by atoms with Gasteiger partial charge in [-0.15, -0.1) is 10.2 Å². The van der Waals surface area contributed by atoms with E-state index < -0.39 is 5.91 Å². The van der Waals surface area contributed by atoms with E-state index in [1.54, 1.807) is 36.4 Å². The Kier molecular flexibility index (Phi) is 3.23. The number of anilines is 1. The number of amides is 1. The van der Waals surface area contributed by atoms with E-state index in [2.05, 4.69) is 15.5 Å².